The van der Waals surface area contributed by atoms with Crippen LogP contribution in [0.4, 0.5) is 0 Å². The third-order valence-electron chi connectivity index (χ3n) is 13.2. The summed E-state index contributed by atoms with van der Waals surface area (Å²) in [6, 6.07) is 19.8. The average Bonchev–Trinajstić information content (AvgIpc) is 3.91. The standard InChI is InChI=1S/C27H34N2O5.C24H26Cl2N2O3/c1-31-23-6-5-19(13-24(23)32-2)7-10-28-11-8-20(17-28)18-29-12-9-21-14-25(33-3)26(34-4)15-22(21)16-27(29)30;25-20-4-3-16(8-21(20)26)12-27-6-1-2-17(13-27)14-28-7-5-18-9-22-23(31-15-30-22)10-19(18)11-24(28)29/h5-6,9,12-15,20H,7-8,10-11,16-18H2,1-4H3;3-4,8-10,17H,1-2,5-7,11-15H2. The van der Waals surface area contributed by atoms with Gasteiger partial charge >= 0.3 is 0 Å². The maximum absolute atomic E-state index is 13.0. The second kappa shape index (κ2) is 21.4. The summed E-state index contributed by atoms with van der Waals surface area (Å²) in [6.07, 6.45) is 9.94. The van der Waals surface area contributed by atoms with Crippen molar-refractivity contribution in [2.75, 3.05) is 87.6 Å². The number of halogens is 2. The zero-order valence-corrected chi connectivity index (χ0v) is 39.4. The number of hydrogen-bond donors (Lipinski definition) is 0. The Kier molecular flexibility index (Phi) is 15.3. The number of nitrogens with zero attached hydrogens (tertiary/aromatic N) is 4. The molecule has 2 amide bonds. The fourth-order valence-electron chi connectivity index (χ4n) is 9.72. The molecule has 0 bridgehead atoms. The van der Waals surface area contributed by atoms with E-state index < -0.39 is 0 Å². The number of ether oxygens (including phenoxy) is 6. The number of fused-ring (bicyclic) bond motifs is 3. The Labute approximate surface area is 392 Å². The molecule has 12 nitrogen and oxygen atoms in total. The minimum Gasteiger partial charge on any atom is -0.493 e. The predicted molar refractivity (Wildman–Crippen MR) is 253 cm³/mol. The van der Waals surface area contributed by atoms with E-state index in [0.717, 1.165) is 131 Å². The van der Waals surface area contributed by atoms with Crippen LogP contribution in [-0.4, -0.2) is 119 Å². The van der Waals surface area contributed by atoms with Gasteiger partial charge in [0.05, 0.1) is 51.3 Å². The summed E-state index contributed by atoms with van der Waals surface area (Å²) in [6.45, 7) is 8.54. The number of amides is 2. The van der Waals surface area contributed by atoms with Crippen molar-refractivity contribution in [3.8, 4) is 34.5 Å². The highest BCUT2D eigenvalue weighted by Gasteiger charge is 2.30. The van der Waals surface area contributed by atoms with Gasteiger partial charge in [-0.25, -0.2) is 0 Å². The second-order valence-electron chi connectivity index (χ2n) is 17.6. The quantitative estimate of drug-likeness (QED) is 0.131. The van der Waals surface area contributed by atoms with Gasteiger partial charge in [-0.2, -0.15) is 0 Å². The molecule has 4 aromatic carbocycles. The number of benzene rings is 4. The molecular weight excluding hydrogens is 867 g/mol. The van der Waals surface area contributed by atoms with Crippen molar-refractivity contribution in [2.45, 2.75) is 51.5 Å². The van der Waals surface area contributed by atoms with Crippen LogP contribution in [0.3, 0.4) is 0 Å². The lowest BCUT2D eigenvalue weighted by Gasteiger charge is -2.35. The highest BCUT2D eigenvalue weighted by Crippen LogP contribution is 2.37. The van der Waals surface area contributed by atoms with Crippen molar-refractivity contribution >= 4 is 41.1 Å². The third-order valence-corrected chi connectivity index (χ3v) is 14.0. The molecule has 5 aliphatic rings. The van der Waals surface area contributed by atoms with Crippen molar-refractivity contribution in [2.24, 2.45) is 11.8 Å². The van der Waals surface area contributed by atoms with Gasteiger partial charge in [-0.05, 0) is 145 Å². The van der Waals surface area contributed by atoms with Gasteiger partial charge < -0.3 is 43.1 Å². The van der Waals surface area contributed by atoms with E-state index in [2.05, 4.69) is 26.8 Å². The topological polar surface area (TPSA) is 102 Å². The first-order chi connectivity index (χ1) is 31.6. The molecule has 2 atom stereocenters. The van der Waals surface area contributed by atoms with Gasteiger partial charge in [0.15, 0.2) is 34.5 Å². The summed E-state index contributed by atoms with van der Waals surface area (Å²) in [5, 5.41) is 1.19. The van der Waals surface area contributed by atoms with Crippen LogP contribution < -0.4 is 28.4 Å². The maximum Gasteiger partial charge on any atom is 0.231 e. The molecule has 65 heavy (non-hydrogen) atoms. The Morgan fingerprint density at radius 2 is 1.34 bits per heavy atom. The first-order valence-corrected chi connectivity index (χ1v) is 23.4. The summed E-state index contributed by atoms with van der Waals surface area (Å²) in [5.41, 5.74) is 6.64. The number of methoxy groups -OCH3 is 4. The van der Waals surface area contributed by atoms with Crippen molar-refractivity contribution in [1.29, 1.82) is 0 Å². The molecule has 0 aromatic heterocycles. The molecule has 4 aromatic rings. The van der Waals surface area contributed by atoms with Crippen LogP contribution in [0, 0.1) is 11.8 Å². The van der Waals surface area contributed by atoms with Gasteiger partial charge in [0.25, 0.3) is 0 Å². The molecule has 2 saturated heterocycles. The number of carbonyl (C=O) groups excluding carboxylic acids is 2. The van der Waals surface area contributed by atoms with Crippen molar-refractivity contribution < 1.29 is 38.0 Å². The minimum atomic E-state index is 0.117. The monoisotopic (exact) mass is 926 g/mol. The lowest BCUT2D eigenvalue weighted by Crippen LogP contribution is -2.43. The van der Waals surface area contributed by atoms with Gasteiger partial charge in [0.1, 0.15) is 0 Å². The average molecular weight is 928 g/mol. The Balaban J connectivity index is 0.000000178. The lowest BCUT2D eigenvalue weighted by atomic mass is 9.96. The largest absolute Gasteiger partial charge is 0.493 e. The van der Waals surface area contributed by atoms with Crippen LogP contribution in [0.5, 0.6) is 34.5 Å². The Morgan fingerprint density at radius 3 is 2.11 bits per heavy atom. The van der Waals surface area contributed by atoms with E-state index in [4.69, 9.17) is 51.6 Å². The predicted octanol–water partition coefficient (Wildman–Crippen LogP) is 8.20. The van der Waals surface area contributed by atoms with Crippen molar-refractivity contribution in [1.82, 2.24) is 19.6 Å². The Morgan fingerprint density at radius 1 is 0.646 bits per heavy atom. The van der Waals surface area contributed by atoms with Crippen LogP contribution in [0.15, 0.2) is 66.9 Å². The second-order valence-corrected chi connectivity index (χ2v) is 18.4. The number of rotatable bonds is 13. The summed E-state index contributed by atoms with van der Waals surface area (Å²) in [7, 11) is 6.55. The molecule has 0 radical (unpaired) electrons. The van der Waals surface area contributed by atoms with E-state index in [1.165, 1.54) is 16.7 Å². The fraction of sp³-hybridized carbons (Fsp3) is 0.451. The minimum absolute atomic E-state index is 0.117. The highest BCUT2D eigenvalue weighted by atomic mass is 35.5. The van der Waals surface area contributed by atoms with Crippen LogP contribution in [-0.2, 0) is 41.8 Å². The van der Waals surface area contributed by atoms with Gasteiger partial charge in [-0.1, -0.05) is 35.3 Å². The van der Waals surface area contributed by atoms with Gasteiger partial charge in [0, 0.05) is 52.0 Å². The van der Waals surface area contributed by atoms with Crippen LogP contribution in [0.2, 0.25) is 10.0 Å². The number of piperidine rings is 1. The zero-order valence-electron chi connectivity index (χ0n) is 37.9. The van der Waals surface area contributed by atoms with Crippen molar-refractivity contribution in [3.63, 3.8) is 0 Å². The Hall–Kier alpha value is -5.14. The van der Waals surface area contributed by atoms with Crippen LogP contribution >= 0.6 is 23.2 Å². The fourth-order valence-corrected chi connectivity index (χ4v) is 10.0. The summed E-state index contributed by atoms with van der Waals surface area (Å²) < 4.78 is 32.6. The van der Waals surface area contributed by atoms with Crippen LogP contribution in [0.25, 0.3) is 6.08 Å². The van der Waals surface area contributed by atoms with Gasteiger partial charge in [-0.15, -0.1) is 0 Å². The van der Waals surface area contributed by atoms with Crippen LogP contribution in [0.1, 0.15) is 52.6 Å². The highest BCUT2D eigenvalue weighted by molar-refractivity contribution is 6.42. The van der Waals surface area contributed by atoms with Crippen molar-refractivity contribution in [3.05, 3.63) is 110 Å². The first kappa shape index (κ1) is 46.4. The zero-order chi connectivity index (χ0) is 45.5. The molecule has 9 rings (SSSR count). The molecule has 2 unspecified atom stereocenters. The number of carbonyl (C=O) groups is 2. The molecule has 346 valence electrons. The molecule has 0 aliphatic carbocycles. The molecule has 0 spiro atoms. The maximum atomic E-state index is 13.0. The first-order valence-electron chi connectivity index (χ1n) is 22.6. The van der Waals surface area contributed by atoms with E-state index in [0.29, 0.717) is 46.2 Å². The van der Waals surface area contributed by atoms with E-state index in [9.17, 15) is 9.59 Å². The van der Waals surface area contributed by atoms with E-state index in [1.807, 2.05) is 65.7 Å². The number of hydrogen-bond acceptors (Lipinski definition) is 10. The molecule has 5 aliphatic heterocycles. The summed E-state index contributed by atoms with van der Waals surface area (Å²) in [4.78, 5) is 34.9. The third kappa shape index (κ3) is 11.5. The SMILES string of the molecule is COc1ccc(CCN2CCC(CN3C=Cc4cc(OC)c(OC)cc4CC3=O)C2)cc1OC.O=C1Cc2cc3c(cc2CCN1CC1CCCN(Cc2ccc(Cl)c(Cl)c2)C1)OCO3. The smallest absolute Gasteiger partial charge is 0.231 e. The molecule has 5 heterocycles. The van der Waals surface area contributed by atoms with E-state index in [-0.39, 0.29) is 18.6 Å². The Bertz CT molecular complexity index is 2380. The lowest BCUT2D eigenvalue weighted by molar-refractivity contribution is -0.131. The molecule has 14 heteroatoms. The van der Waals surface area contributed by atoms with Gasteiger partial charge in [-0.3, -0.25) is 14.5 Å². The molecule has 2 fully saturated rings. The summed E-state index contributed by atoms with van der Waals surface area (Å²) >= 11 is 12.2. The molecular formula is C51H60Cl2N4O8. The molecule has 0 N–H and O–H groups in total. The normalized spacial score (nSPS) is 19.5. The summed E-state index contributed by atoms with van der Waals surface area (Å²) in [5.74, 6) is 5.66. The number of likely N-dealkylation sites (tertiary alicyclic amines) is 2. The molecule has 0 saturated carbocycles. The van der Waals surface area contributed by atoms with Gasteiger partial charge in [0.2, 0.25) is 18.6 Å². The van der Waals surface area contributed by atoms with E-state index in [1.54, 1.807) is 28.4 Å². The van der Waals surface area contributed by atoms with E-state index >= 15 is 0 Å².